The molecule has 0 aliphatic carbocycles. The minimum atomic E-state index is -1.04. The molecule has 0 radical (unpaired) electrons. The molecule has 1 aliphatic rings. The average Bonchev–Trinajstić information content (AvgIpc) is 2.69. The number of anilines is 1. The molecule has 2 atom stereocenters. The molecule has 0 saturated carbocycles. The predicted octanol–water partition coefficient (Wildman–Crippen LogP) is 3.00. The molecule has 2 aromatic carbocycles. The fraction of sp³-hybridized carbons (Fsp3) is 0.300. The van der Waals surface area contributed by atoms with Gasteiger partial charge in [-0.05, 0) is 29.8 Å². The highest BCUT2D eigenvalue weighted by molar-refractivity contribution is 7.99. The van der Waals surface area contributed by atoms with Gasteiger partial charge in [-0.25, -0.2) is 8.78 Å². The summed E-state index contributed by atoms with van der Waals surface area (Å²) in [6.45, 7) is 0. The standard InChI is InChI=1S/C20H21F2N3O3S/c1-28-15-4-2-3-12(7-15)11-29-20-24-14(10-19(27)25-20)9-18(26)23-13-5-6-16(21)17(22)8-13/h2-8,14,20,24H,9-11H2,1H3,(H,23,26)(H,25,27). The van der Waals surface area contributed by atoms with Crippen LogP contribution < -0.4 is 20.7 Å². The van der Waals surface area contributed by atoms with E-state index in [1.807, 2.05) is 24.3 Å². The van der Waals surface area contributed by atoms with Crippen molar-refractivity contribution < 1.29 is 23.1 Å². The number of carbonyl (C=O) groups is 2. The smallest absolute Gasteiger partial charge is 0.225 e. The van der Waals surface area contributed by atoms with Gasteiger partial charge in [0.2, 0.25) is 11.8 Å². The number of methoxy groups -OCH3 is 1. The number of carbonyl (C=O) groups excluding carboxylic acids is 2. The van der Waals surface area contributed by atoms with E-state index in [0.29, 0.717) is 5.75 Å². The number of nitrogens with one attached hydrogen (secondary N) is 3. The first kappa shape index (κ1) is 21.1. The van der Waals surface area contributed by atoms with Crippen molar-refractivity contribution >= 4 is 29.3 Å². The number of thioether (sulfide) groups is 1. The first-order valence-corrected chi connectivity index (χ1v) is 10.0. The molecule has 3 N–H and O–H groups in total. The zero-order valence-corrected chi connectivity index (χ0v) is 16.5. The van der Waals surface area contributed by atoms with Crippen LogP contribution in [-0.2, 0) is 15.3 Å². The highest BCUT2D eigenvalue weighted by Gasteiger charge is 2.27. The zero-order valence-electron chi connectivity index (χ0n) is 15.7. The summed E-state index contributed by atoms with van der Waals surface area (Å²) in [6.07, 6.45) is 0.185. The molecule has 1 fully saturated rings. The van der Waals surface area contributed by atoms with Crippen molar-refractivity contribution in [1.29, 1.82) is 0 Å². The van der Waals surface area contributed by atoms with Gasteiger partial charge in [0.1, 0.15) is 11.2 Å². The molecule has 3 rings (SSSR count). The quantitative estimate of drug-likeness (QED) is 0.641. The summed E-state index contributed by atoms with van der Waals surface area (Å²) in [5.74, 6) is -1.16. The molecule has 154 valence electrons. The number of ether oxygens (including phenoxy) is 1. The average molecular weight is 421 g/mol. The molecule has 0 spiro atoms. The largest absolute Gasteiger partial charge is 0.497 e. The molecule has 2 aromatic rings. The molecule has 0 bridgehead atoms. The van der Waals surface area contributed by atoms with Crippen molar-refractivity contribution in [3.8, 4) is 5.75 Å². The van der Waals surface area contributed by atoms with Gasteiger partial charge in [-0.3, -0.25) is 14.9 Å². The normalized spacial score (nSPS) is 18.8. The third kappa shape index (κ3) is 6.16. The van der Waals surface area contributed by atoms with E-state index in [0.717, 1.165) is 23.4 Å². The Bertz CT molecular complexity index is 897. The van der Waals surface area contributed by atoms with Crippen LogP contribution in [0, 0.1) is 11.6 Å². The summed E-state index contributed by atoms with van der Waals surface area (Å²) in [7, 11) is 1.60. The molecule has 2 amide bonds. The van der Waals surface area contributed by atoms with Crippen LogP contribution in [0.2, 0.25) is 0 Å². The molecule has 1 heterocycles. The maximum absolute atomic E-state index is 13.3. The van der Waals surface area contributed by atoms with Crippen LogP contribution in [0.5, 0.6) is 5.75 Å². The van der Waals surface area contributed by atoms with Crippen molar-refractivity contribution in [2.24, 2.45) is 0 Å². The van der Waals surface area contributed by atoms with E-state index in [-0.39, 0.29) is 41.9 Å². The van der Waals surface area contributed by atoms with Gasteiger partial charge < -0.3 is 15.4 Å². The minimum absolute atomic E-state index is 0.0304. The van der Waals surface area contributed by atoms with Gasteiger partial charge in [0.15, 0.2) is 11.6 Å². The van der Waals surface area contributed by atoms with Crippen LogP contribution in [0.3, 0.4) is 0 Å². The van der Waals surface area contributed by atoms with Crippen LogP contribution in [0.1, 0.15) is 18.4 Å². The molecule has 2 unspecified atom stereocenters. The Hall–Kier alpha value is -2.65. The summed E-state index contributed by atoms with van der Waals surface area (Å²) in [6, 6.07) is 10.4. The van der Waals surface area contributed by atoms with Crippen molar-refractivity contribution in [2.45, 2.75) is 30.1 Å². The number of hydrogen-bond acceptors (Lipinski definition) is 5. The van der Waals surface area contributed by atoms with Crippen LogP contribution in [-0.4, -0.2) is 30.5 Å². The van der Waals surface area contributed by atoms with Crippen molar-refractivity contribution in [2.75, 3.05) is 12.4 Å². The summed E-state index contributed by atoms with van der Waals surface area (Å²) < 4.78 is 31.4. The van der Waals surface area contributed by atoms with Gasteiger partial charge in [-0.1, -0.05) is 12.1 Å². The van der Waals surface area contributed by atoms with Gasteiger partial charge in [-0.2, -0.15) is 0 Å². The Kier molecular flexibility index (Phi) is 7.05. The van der Waals surface area contributed by atoms with Gasteiger partial charge in [0, 0.05) is 36.4 Å². The van der Waals surface area contributed by atoms with Crippen LogP contribution in [0.15, 0.2) is 42.5 Å². The summed E-state index contributed by atoms with van der Waals surface area (Å²) in [5.41, 5.74) is 0.866. The third-order valence-electron chi connectivity index (χ3n) is 4.30. The monoisotopic (exact) mass is 421 g/mol. The molecule has 1 saturated heterocycles. The molecular formula is C20H21F2N3O3S. The Morgan fingerprint density at radius 1 is 1.24 bits per heavy atom. The first-order chi connectivity index (χ1) is 13.9. The second-order valence-corrected chi connectivity index (χ2v) is 7.65. The van der Waals surface area contributed by atoms with Crippen molar-refractivity contribution in [3.63, 3.8) is 0 Å². The highest BCUT2D eigenvalue weighted by Crippen LogP contribution is 2.22. The Morgan fingerprint density at radius 2 is 2.07 bits per heavy atom. The molecule has 29 heavy (non-hydrogen) atoms. The van der Waals surface area contributed by atoms with Crippen LogP contribution in [0.4, 0.5) is 14.5 Å². The molecular weight excluding hydrogens is 400 g/mol. The van der Waals surface area contributed by atoms with Crippen molar-refractivity contribution in [1.82, 2.24) is 10.6 Å². The van der Waals surface area contributed by atoms with Crippen LogP contribution in [0.25, 0.3) is 0 Å². The van der Waals surface area contributed by atoms with Gasteiger partial charge >= 0.3 is 0 Å². The lowest BCUT2D eigenvalue weighted by molar-refractivity contribution is -0.124. The minimum Gasteiger partial charge on any atom is -0.497 e. The van der Waals surface area contributed by atoms with Gasteiger partial charge in [0.25, 0.3) is 0 Å². The Labute approximate surface area is 171 Å². The van der Waals surface area contributed by atoms with E-state index in [1.165, 1.54) is 17.8 Å². The highest BCUT2D eigenvalue weighted by atomic mass is 32.2. The van der Waals surface area contributed by atoms with E-state index < -0.39 is 11.6 Å². The summed E-state index contributed by atoms with van der Waals surface area (Å²) >= 11 is 1.49. The lowest BCUT2D eigenvalue weighted by atomic mass is 10.1. The number of hydrogen-bond donors (Lipinski definition) is 3. The van der Waals surface area contributed by atoms with Crippen LogP contribution >= 0.6 is 11.8 Å². The number of benzene rings is 2. The van der Waals surface area contributed by atoms with E-state index in [9.17, 15) is 18.4 Å². The van der Waals surface area contributed by atoms with E-state index >= 15 is 0 Å². The number of amides is 2. The number of rotatable bonds is 7. The number of halogens is 2. The lowest BCUT2D eigenvalue weighted by Crippen LogP contribution is -2.55. The molecule has 9 heteroatoms. The zero-order chi connectivity index (χ0) is 20.8. The maximum atomic E-state index is 13.3. The molecule has 1 aliphatic heterocycles. The third-order valence-corrected chi connectivity index (χ3v) is 5.38. The van der Waals surface area contributed by atoms with Gasteiger partial charge in [-0.15, -0.1) is 11.8 Å². The topological polar surface area (TPSA) is 79.5 Å². The van der Waals surface area contributed by atoms with E-state index in [4.69, 9.17) is 4.74 Å². The lowest BCUT2D eigenvalue weighted by Gasteiger charge is -2.31. The predicted molar refractivity (Wildman–Crippen MR) is 107 cm³/mol. The first-order valence-electron chi connectivity index (χ1n) is 8.98. The fourth-order valence-corrected chi connectivity index (χ4v) is 3.96. The van der Waals surface area contributed by atoms with E-state index in [2.05, 4.69) is 16.0 Å². The summed E-state index contributed by atoms with van der Waals surface area (Å²) in [5, 5.41) is 8.58. The fourth-order valence-electron chi connectivity index (χ4n) is 2.92. The Morgan fingerprint density at radius 3 is 2.83 bits per heavy atom. The Balaban J connectivity index is 1.52. The van der Waals surface area contributed by atoms with Gasteiger partial charge in [0.05, 0.1) is 7.11 Å². The molecule has 6 nitrogen and oxygen atoms in total. The summed E-state index contributed by atoms with van der Waals surface area (Å²) in [4.78, 5) is 24.2. The second kappa shape index (κ2) is 9.71. The maximum Gasteiger partial charge on any atom is 0.225 e. The SMILES string of the molecule is COc1cccc(CSC2NC(=O)CC(CC(=O)Nc3ccc(F)c(F)c3)N2)c1. The van der Waals surface area contributed by atoms with E-state index in [1.54, 1.807) is 7.11 Å². The van der Waals surface area contributed by atoms with Crippen molar-refractivity contribution in [3.05, 3.63) is 59.7 Å². The molecule has 0 aromatic heterocycles. The second-order valence-electron chi connectivity index (χ2n) is 6.56.